The topological polar surface area (TPSA) is 46.9 Å². The highest BCUT2D eigenvalue weighted by atomic mass is 16.1. The van der Waals surface area contributed by atoms with Crippen LogP contribution in [0.4, 0.5) is 0 Å². The molecule has 24 heavy (non-hydrogen) atoms. The standard InChI is InChI=1S/C20H31N3O/c1-6-14(4)13-23-18-12-10-9-11-17(18)22-19(23)15(5)21-20(24)16(7-2)8-3/h9-12,14-16H,6-8,13H2,1-5H3,(H,21,24). The second-order valence-electron chi connectivity index (χ2n) is 6.83. The Labute approximate surface area is 145 Å². The van der Waals surface area contributed by atoms with E-state index >= 15 is 0 Å². The maximum absolute atomic E-state index is 12.4. The number of imidazole rings is 1. The van der Waals surface area contributed by atoms with E-state index in [9.17, 15) is 4.79 Å². The molecular weight excluding hydrogens is 298 g/mol. The van der Waals surface area contributed by atoms with Gasteiger partial charge in [0.25, 0.3) is 0 Å². The first-order valence-corrected chi connectivity index (χ1v) is 9.27. The first kappa shape index (κ1) is 18.5. The molecule has 0 spiro atoms. The van der Waals surface area contributed by atoms with Gasteiger partial charge in [-0.1, -0.05) is 46.2 Å². The van der Waals surface area contributed by atoms with Gasteiger partial charge in [0, 0.05) is 12.5 Å². The van der Waals surface area contributed by atoms with E-state index in [1.54, 1.807) is 0 Å². The van der Waals surface area contributed by atoms with Crippen molar-refractivity contribution in [1.82, 2.24) is 14.9 Å². The molecule has 0 aliphatic heterocycles. The van der Waals surface area contributed by atoms with Gasteiger partial charge in [0.05, 0.1) is 17.1 Å². The van der Waals surface area contributed by atoms with E-state index in [1.807, 2.05) is 25.1 Å². The zero-order chi connectivity index (χ0) is 17.7. The molecule has 0 saturated carbocycles. The molecule has 0 aliphatic carbocycles. The number of carbonyl (C=O) groups excluding carboxylic acids is 1. The maximum Gasteiger partial charge on any atom is 0.223 e. The van der Waals surface area contributed by atoms with Crippen molar-refractivity contribution in [1.29, 1.82) is 0 Å². The lowest BCUT2D eigenvalue weighted by molar-refractivity contribution is -0.125. The normalized spacial score (nSPS) is 14.1. The van der Waals surface area contributed by atoms with Gasteiger partial charge in [-0.2, -0.15) is 0 Å². The molecule has 1 heterocycles. The van der Waals surface area contributed by atoms with Gasteiger partial charge in [-0.3, -0.25) is 4.79 Å². The number of hydrogen-bond acceptors (Lipinski definition) is 2. The Balaban J connectivity index is 2.32. The minimum absolute atomic E-state index is 0.0832. The number of amides is 1. The second kappa shape index (κ2) is 8.32. The van der Waals surface area contributed by atoms with Crippen molar-refractivity contribution in [3.8, 4) is 0 Å². The lowest BCUT2D eigenvalue weighted by atomic mass is 10.0. The molecule has 1 amide bonds. The van der Waals surface area contributed by atoms with Crippen molar-refractivity contribution in [2.75, 3.05) is 0 Å². The lowest BCUT2D eigenvalue weighted by Crippen LogP contribution is -2.33. The third-order valence-electron chi connectivity index (χ3n) is 4.98. The Morgan fingerprint density at radius 1 is 1.12 bits per heavy atom. The van der Waals surface area contributed by atoms with Crippen molar-refractivity contribution < 1.29 is 4.79 Å². The molecule has 1 N–H and O–H groups in total. The van der Waals surface area contributed by atoms with Crippen LogP contribution in [0.5, 0.6) is 0 Å². The number of hydrogen-bond donors (Lipinski definition) is 1. The summed E-state index contributed by atoms with van der Waals surface area (Å²) in [7, 11) is 0. The Hall–Kier alpha value is -1.84. The van der Waals surface area contributed by atoms with Gasteiger partial charge in [0.1, 0.15) is 5.82 Å². The largest absolute Gasteiger partial charge is 0.346 e. The Bertz CT molecular complexity index is 673. The van der Waals surface area contributed by atoms with Gasteiger partial charge in [0.15, 0.2) is 0 Å². The summed E-state index contributed by atoms with van der Waals surface area (Å²) >= 11 is 0. The molecule has 2 atom stereocenters. The highest BCUT2D eigenvalue weighted by molar-refractivity contribution is 5.79. The monoisotopic (exact) mass is 329 g/mol. The van der Waals surface area contributed by atoms with Crippen LogP contribution in [0.1, 0.15) is 65.7 Å². The fraction of sp³-hybridized carbons (Fsp3) is 0.600. The van der Waals surface area contributed by atoms with E-state index in [-0.39, 0.29) is 17.9 Å². The van der Waals surface area contributed by atoms with E-state index in [1.165, 1.54) is 0 Å². The van der Waals surface area contributed by atoms with Crippen LogP contribution in [0, 0.1) is 11.8 Å². The van der Waals surface area contributed by atoms with Crippen molar-refractivity contribution >= 4 is 16.9 Å². The van der Waals surface area contributed by atoms with Crippen molar-refractivity contribution in [2.45, 2.75) is 66.5 Å². The Morgan fingerprint density at radius 3 is 2.42 bits per heavy atom. The van der Waals surface area contributed by atoms with E-state index in [0.29, 0.717) is 5.92 Å². The molecule has 4 nitrogen and oxygen atoms in total. The van der Waals surface area contributed by atoms with Gasteiger partial charge < -0.3 is 9.88 Å². The predicted molar refractivity (Wildman–Crippen MR) is 99.8 cm³/mol. The fourth-order valence-electron chi connectivity index (χ4n) is 3.11. The highest BCUT2D eigenvalue weighted by Gasteiger charge is 2.22. The molecule has 1 aromatic carbocycles. The average Bonchev–Trinajstić information content (AvgIpc) is 2.94. The molecule has 2 aromatic rings. The van der Waals surface area contributed by atoms with Gasteiger partial charge in [-0.25, -0.2) is 4.98 Å². The number of nitrogens with one attached hydrogen (secondary N) is 1. The van der Waals surface area contributed by atoms with Crippen LogP contribution in [0.3, 0.4) is 0 Å². The molecule has 132 valence electrons. The van der Waals surface area contributed by atoms with Gasteiger partial charge >= 0.3 is 0 Å². The van der Waals surface area contributed by atoms with Crippen LogP contribution in [0.2, 0.25) is 0 Å². The van der Waals surface area contributed by atoms with Gasteiger partial charge in [-0.05, 0) is 37.8 Å². The maximum atomic E-state index is 12.4. The summed E-state index contributed by atoms with van der Waals surface area (Å²) in [6, 6.07) is 8.13. The summed E-state index contributed by atoms with van der Waals surface area (Å²) in [5.74, 6) is 1.74. The SMILES string of the molecule is CCC(C)Cn1c(C(C)NC(=O)C(CC)CC)nc2ccccc21. The van der Waals surface area contributed by atoms with E-state index < -0.39 is 0 Å². The number of benzene rings is 1. The summed E-state index contributed by atoms with van der Waals surface area (Å²) < 4.78 is 2.28. The molecule has 0 aliphatic rings. The summed E-state index contributed by atoms with van der Waals surface area (Å²) in [5.41, 5.74) is 2.15. The van der Waals surface area contributed by atoms with Gasteiger partial charge in [0.2, 0.25) is 5.91 Å². The molecule has 2 unspecified atom stereocenters. The quantitative estimate of drug-likeness (QED) is 0.763. The number of nitrogens with zero attached hydrogens (tertiary/aromatic N) is 2. The second-order valence-corrected chi connectivity index (χ2v) is 6.83. The van der Waals surface area contributed by atoms with E-state index in [2.05, 4.69) is 43.6 Å². The van der Waals surface area contributed by atoms with Crippen LogP contribution in [0.25, 0.3) is 11.0 Å². The molecule has 0 fully saturated rings. The molecule has 2 rings (SSSR count). The summed E-state index contributed by atoms with van der Waals surface area (Å²) in [6.45, 7) is 11.6. The predicted octanol–water partition coefficient (Wildman–Crippen LogP) is 4.70. The van der Waals surface area contributed by atoms with Crippen LogP contribution in [-0.2, 0) is 11.3 Å². The van der Waals surface area contributed by atoms with E-state index in [4.69, 9.17) is 4.98 Å². The number of carbonyl (C=O) groups is 1. The summed E-state index contributed by atoms with van der Waals surface area (Å²) in [6.07, 6.45) is 2.87. The number of aromatic nitrogens is 2. The van der Waals surface area contributed by atoms with Gasteiger partial charge in [-0.15, -0.1) is 0 Å². The first-order chi connectivity index (χ1) is 11.5. The van der Waals surface area contributed by atoms with Crippen LogP contribution in [0.15, 0.2) is 24.3 Å². The Kier molecular flexibility index (Phi) is 6.41. The number of fused-ring (bicyclic) bond motifs is 1. The Morgan fingerprint density at radius 2 is 1.79 bits per heavy atom. The molecular formula is C20H31N3O. The first-order valence-electron chi connectivity index (χ1n) is 9.27. The van der Waals surface area contributed by atoms with E-state index in [0.717, 1.165) is 42.7 Å². The molecule has 1 aromatic heterocycles. The molecule has 4 heteroatoms. The minimum Gasteiger partial charge on any atom is -0.346 e. The highest BCUT2D eigenvalue weighted by Crippen LogP contribution is 2.23. The molecule has 0 saturated heterocycles. The smallest absolute Gasteiger partial charge is 0.223 e. The third-order valence-corrected chi connectivity index (χ3v) is 4.98. The zero-order valence-corrected chi connectivity index (χ0v) is 15.7. The minimum atomic E-state index is -0.0884. The molecule has 0 radical (unpaired) electrons. The van der Waals surface area contributed by atoms with Crippen LogP contribution < -0.4 is 5.32 Å². The van der Waals surface area contributed by atoms with Crippen molar-refractivity contribution in [2.24, 2.45) is 11.8 Å². The number of para-hydroxylation sites is 2. The summed E-state index contributed by atoms with van der Waals surface area (Å²) in [5, 5.41) is 3.17. The van der Waals surface area contributed by atoms with Crippen LogP contribution >= 0.6 is 0 Å². The number of rotatable bonds is 8. The average molecular weight is 329 g/mol. The lowest BCUT2D eigenvalue weighted by Gasteiger charge is -2.20. The van der Waals surface area contributed by atoms with Crippen LogP contribution in [-0.4, -0.2) is 15.5 Å². The molecule has 0 bridgehead atoms. The fourth-order valence-corrected chi connectivity index (χ4v) is 3.11. The summed E-state index contributed by atoms with van der Waals surface area (Å²) in [4.78, 5) is 17.3. The van der Waals surface area contributed by atoms with Crippen molar-refractivity contribution in [3.05, 3.63) is 30.1 Å². The third kappa shape index (κ3) is 3.97. The zero-order valence-electron chi connectivity index (χ0n) is 15.7. The van der Waals surface area contributed by atoms with Crippen molar-refractivity contribution in [3.63, 3.8) is 0 Å².